The second-order valence-electron chi connectivity index (χ2n) is 4.98. The van der Waals surface area contributed by atoms with Gasteiger partial charge in [0.2, 0.25) is 0 Å². The number of rotatable bonds is 5. The first-order chi connectivity index (χ1) is 9.20. The third-order valence-electron chi connectivity index (χ3n) is 3.65. The zero-order valence-corrected chi connectivity index (χ0v) is 11.0. The van der Waals surface area contributed by atoms with Gasteiger partial charge < -0.3 is 10.2 Å². The predicted molar refractivity (Wildman–Crippen MR) is 70.9 cm³/mol. The number of aromatic carboxylic acids is 1. The Bertz CT molecular complexity index is 417. The Labute approximate surface area is 112 Å². The number of carbonyl (C=O) groups is 1. The molecule has 19 heavy (non-hydrogen) atoms. The predicted octanol–water partition coefficient (Wildman–Crippen LogP) is 1.52. The smallest absolute Gasteiger partial charge is 0.337 e. The highest BCUT2D eigenvalue weighted by Crippen LogP contribution is 2.21. The van der Waals surface area contributed by atoms with Crippen LogP contribution in [0.4, 0.5) is 0 Å². The lowest BCUT2D eigenvalue weighted by molar-refractivity contribution is 0.0696. The number of hydrogen-bond donors (Lipinski definition) is 2. The number of aromatic nitrogens is 1. The van der Waals surface area contributed by atoms with Crippen LogP contribution in [0.5, 0.6) is 0 Å². The van der Waals surface area contributed by atoms with Crippen LogP contribution in [-0.4, -0.2) is 45.3 Å². The molecule has 0 bridgehead atoms. The number of carboxylic acid groups (broad SMARTS) is 1. The summed E-state index contributed by atoms with van der Waals surface area (Å²) in [5, 5.41) is 17.9. The van der Waals surface area contributed by atoms with Crippen LogP contribution in [0.15, 0.2) is 18.3 Å². The van der Waals surface area contributed by atoms with E-state index in [2.05, 4.69) is 9.88 Å². The third-order valence-corrected chi connectivity index (χ3v) is 3.65. The molecule has 0 radical (unpaired) electrons. The van der Waals surface area contributed by atoms with Crippen molar-refractivity contribution in [3.8, 4) is 0 Å². The number of likely N-dealkylation sites (tertiary alicyclic amines) is 1. The number of piperidine rings is 1. The SMILES string of the molecule is O=C(O)c1ccc(CN2CCCC[C@H]2CCO)nc1. The van der Waals surface area contributed by atoms with Crippen LogP contribution in [0.3, 0.4) is 0 Å². The summed E-state index contributed by atoms with van der Waals surface area (Å²) >= 11 is 0. The number of nitrogens with zero attached hydrogens (tertiary/aromatic N) is 2. The van der Waals surface area contributed by atoms with Crippen molar-refractivity contribution in [2.45, 2.75) is 38.3 Å². The van der Waals surface area contributed by atoms with Crippen LogP contribution >= 0.6 is 0 Å². The van der Waals surface area contributed by atoms with Gasteiger partial charge in [0.15, 0.2) is 0 Å². The number of aliphatic hydroxyl groups is 1. The molecule has 1 aliphatic rings. The van der Waals surface area contributed by atoms with E-state index in [-0.39, 0.29) is 12.2 Å². The summed E-state index contributed by atoms with van der Waals surface area (Å²) in [5.41, 5.74) is 1.10. The maximum absolute atomic E-state index is 10.8. The van der Waals surface area contributed by atoms with Crippen molar-refractivity contribution in [2.24, 2.45) is 0 Å². The molecule has 1 fully saturated rings. The van der Waals surface area contributed by atoms with E-state index in [4.69, 9.17) is 10.2 Å². The Morgan fingerprint density at radius 3 is 2.89 bits per heavy atom. The molecule has 0 spiro atoms. The molecule has 0 aliphatic carbocycles. The molecule has 0 aromatic carbocycles. The molecule has 1 aliphatic heterocycles. The fourth-order valence-corrected chi connectivity index (χ4v) is 2.60. The van der Waals surface area contributed by atoms with E-state index in [0.717, 1.165) is 31.6 Å². The zero-order chi connectivity index (χ0) is 13.7. The van der Waals surface area contributed by atoms with Crippen molar-refractivity contribution in [1.82, 2.24) is 9.88 Å². The minimum atomic E-state index is -0.949. The van der Waals surface area contributed by atoms with Crippen LogP contribution < -0.4 is 0 Å². The minimum Gasteiger partial charge on any atom is -0.478 e. The summed E-state index contributed by atoms with van der Waals surface area (Å²) in [6.45, 7) is 1.96. The molecule has 2 heterocycles. The molecule has 5 heteroatoms. The third kappa shape index (κ3) is 3.75. The van der Waals surface area contributed by atoms with Gasteiger partial charge in [0.1, 0.15) is 0 Å². The Balaban J connectivity index is 2.00. The molecule has 1 saturated heterocycles. The van der Waals surface area contributed by atoms with Crippen LogP contribution in [0.2, 0.25) is 0 Å². The van der Waals surface area contributed by atoms with E-state index in [9.17, 15) is 4.79 Å². The normalized spacial score (nSPS) is 20.4. The second kappa shape index (κ2) is 6.63. The van der Waals surface area contributed by atoms with Gasteiger partial charge >= 0.3 is 5.97 Å². The van der Waals surface area contributed by atoms with Gasteiger partial charge in [-0.2, -0.15) is 0 Å². The lowest BCUT2D eigenvalue weighted by Gasteiger charge is -2.35. The van der Waals surface area contributed by atoms with Crippen molar-refractivity contribution >= 4 is 5.97 Å². The van der Waals surface area contributed by atoms with Crippen molar-refractivity contribution in [2.75, 3.05) is 13.2 Å². The van der Waals surface area contributed by atoms with Crippen molar-refractivity contribution < 1.29 is 15.0 Å². The first-order valence-electron chi connectivity index (χ1n) is 6.74. The van der Waals surface area contributed by atoms with Gasteiger partial charge in [0.05, 0.1) is 11.3 Å². The van der Waals surface area contributed by atoms with Crippen molar-refractivity contribution in [1.29, 1.82) is 0 Å². The monoisotopic (exact) mass is 264 g/mol. The minimum absolute atomic E-state index is 0.215. The molecule has 0 unspecified atom stereocenters. The van der Waals surface area contributed by atoms with E-state index in [1.807, 2.05) is 0 Å². The molecular weight excluding hydrogens is 244 g/mol. The van der Waals surface area contributed by atoms with Crippen LogP contribution in [0.1, 0.15) is 41.7 Å². The number of hydrogen-bond acceptors (Lipinski definition) is 4. The lowest BCUT2D eigenvalue weighted by Crippen LogP contribution is -2.39. The average molecular weight is 264 g/mol. The average Bonchev–Trinajstić information content (AvgIpc) is 2.42. The first kappa shape index (κ1) is 14.0. The van der Waals surface area contributed by atoms with E-state index in [1.165, 1.54) is 19.0 Å². The van der Waals surface area contributed by atoms with Crippen molar-refractivity contribution in [3.63, 3.8) is 0 Å². The van der Waals surface area contributed by atoms with Gasteiger partial charge in [-0.3, -0.25) is 9.88 Å². The molecule has 1 aromatic rings. The van der Waals surface area contributed by atoms with Gasteiger partial charge in [-0.1, -0.05) is 6.42 Å². The Morgan fingerprint density at radius 2 is 2.26 bits per heavy atom. The van der Waals surface area contributed by atoms with Gasteiger partial charge in [0.25, 0.3) is 0 Å². The summed E-state index contributed by atoms with van der Waals surface area (Å²) < 4.78 is 0. The first-order valence-corrected chi connectivity index (χ1v) is 6.74. The quantitative estimate of drug-likeness (QED) is 0.843. The summed E-state index contributed by atoms with van der Waals surface area (Å²) in [5.74, 6) is -0.949. The largest absolute Gasteiger partial charge is 0.478 e. The fourth-order valence-electron chi connectivity index (χ4n) is 2.60. The molecule has 0 amide bonds. The molecule has 2 rings (SSSR count). The number of aliphatic hydroxyl groups excluding tert-OH is 1. The van der Waals surface area contributed by atoms with Crippen LogP contribution in [-0.2, 0) is 6.54 Å². The summed E-state index contributed by atoms with van der Waals surface area (Å²) in [6.07, 6.45) is 5.71. The molecule has 104 valence electrons. The maximum Gasteiger partial charge on any atom is 0.337 e. The Kier molecular flexibility index (Phi) is 4.87. The highest BCUT2D eigenvalue weighted by molar-refractivity contribution is 5.87. The highest BCUT2D eigenvalue weighted by Gasteiger charge is 2.22. The lowest BCUT2D eigenvalue weighted by atomic mass is 9.99. The van der Waals surface area contributed by atoms with Gasteiger partial charge in [-0.15, -0.1) is 0 Å². The second-order valence-corrected chi connectivity index (χ2v) is 4.98. The molecule has 1 atom stereocenters. The molecule has 2 N–H and O–H groups in total. The summed E-state index contributed by atoms with van der Waals surface area (Å²) in [7, 11) is 0. The Hall–Kier alpha value is -1.46. The van der Waals surface area contributed by atoms with Gasteiger partial charge in [-0.25, -0.2) is 4.79 Å². The van der Waals surface area contributed by atoms with Crippen molar-refractivity contribution in [3.05, 3.63) is 29.6 Å². The maximum atomic E-state index is 10.8. The van der Waals surface area contributed by atoms with E-state index in [1.54, 1.807) is 12.1 Å². The van der Waals surface area contributed by atoms with E-state index < -0.39 is 5.97 Å². The van der Waals surface area contributed by atoms with E-state index in [0.29, 0.717) is 6.04 Å². The van der Waals surface area contributed by atoms with Gasteiger partial charge in [0, 0.05) is 25.4 Å². The standard InChI is InChI=1S/C14H20N2O3/c17-8-6-13-3-1-2-7-16(13)10-12-5-4-11(9-15-12)14(18)19/h4-5,9,13,17H,1-3,6-8,10H2,(H,18,19)/t13-/m0/s1. The fraction of sp³-hybridized carbons (Fsp3) is 0.571. The number of pyridine rings is 1. The summed E-state index contributed by atoms with van der Waals surface area (Å²) in [6, 6.07) is 3.78. The highest BCUT2D eigenvalue weighted by atomic mass is 16.4. The van der Waals surface area contributed by atoms with Crippen LogP contribution in [0, 0.1) is 0 Å². The Morgan fingerprint density at radius 1 is 1.42 bits per heavy atom. The zero-order valence-electron chi connectivity index (χ0n) is 11.0. The van der Waals surface area contributed by atoms with E-state index >= 15 is 0 Å². The molecule has 1 aromatic heterocycles. The summed E-state index contributed by atoms with van der Waals surface area (Å²) in [4.78, 5) is 17.3. The topological polar surface area (TPSA) is 73.7 Å². The molecular formula is C14H20N2O3. The van der Waals surface area contributed by atoms with Gasteiger partial charge in [-0.05, 0) is 37.9 Å². The number of carboxylic acids is 1. The van der Waals surface area contributed by atoms with Crippen LogP contribution in [0.25, 0.3) is 0 Å². The molecule has 5 nitrogen and oxygen atoms in total. The molecule has 0 saturated carbocycles.